The van der Waals surface area contributed by atoms with Gasteiger partial charge in [-0.05, 0) is 46.6 Å². The minimum atomic E-state index is -0.642. The number of nitrogens with zero attached hydrogens (tertiary/aromatic N) is 2. The van der Waals surface area contributed by atoms with E-state index in [1.54, 1.807) is 11.0 Å². The van der Waals surface area contributed by atoms with Gasteiger partial charge in [0.2, 0.25) is 0 Å². The molecule has 1 unspecified atom stereocenters. The molecule has 1 atom stereocenters. The quantitative estimate of drug-likeness (QED) is 0.513. The van der Waals surface area contributed by atoms with Crippen molar-refractivity contribution in [2.75, 3.05) is 51.3 Å². The highest BCUT2D eigenvalue weighted by Gasteiger charge is 2.32. The minimum Gasteiger partial charge on any atom is -0.390 e. The van der Waals surface area contributed by atoms with Gasteiger partial charge in [0.05, 0.1) is 36.1 Å². The molecule has 1 aromatic carbocycles. The predicted molar refractivity (Wildman–Crippen MR) is 129 cm³/mol. The summed E-state index contributed by atoms with van der Waals surface area (Å²) in [7, 11) is 0. The van der Waals surface area contributed by atoms with Crippen LogP contribution in [-0.2, 0) is 16.0 Å². The third kappa shape index (κ3) is 4.31. The number of hydrogen-bond donors (Lipinski definition) is 3. The molecule has 1 saturated heterocycles. The van der Waals surface area contributed by atoms with Crippen molar-refractivity contribution in [1.82, 2.24) is 14.8 Å². The lowest BCUT2D eigenvalue weighted by atomic mass is 10.0. The number of fused-ring (bicyclic) bond motifs is 2. The van der Waals surface area contributed by atoms with Crippen LogP contribution in [0.1, 0.15) is 32.9 Å². The van der Waals surface area contributed by atoms with Crippen molar-refractivity contribution < 1.29 is 23.8 Å². The van der Waals surface area contributed by atoms with Crippen molar-refractivity contribution >= 4 is 45.1 Å². The number of anilines is 1. The summed E-state index contributed by atoms with van der Waals surface area (Å²) < 4.78 is 19.8. The Hall–Kier alpha value is -2.53. The van der Waals surface area contributed by atoms with Crippen LogP contribution in [0.4, 0.5) is 10.1 Å². The number of aliphatic hydroxyl groups is 1. The number of amides is 2. The number of morpholine rings is 1. The first kappa shape index (κ1) is 23.2. The maximum atomic E-state index is 14.0. The Morgan fingerprint density at radius 2 is 2.00 bits per heavy atom. The van der Waals surface area contributed by atoms with Crippen molar-refractivity contribution in [3.63, 3.8) is 0 Å². The summed E-state index contributed by atoms with van der Waals surface area (Å²) >= 11 is 3.30. The van der Waals surface area contributed by atoms with Gasteiger partial charge >= 0.3 is 0 Å². The third-order valence-electron chi connectivity index (χ3n) is 6.62. The number of nitrogens with one attached hydrogen (secondary N) is 2. The van der Waals surface area contributed by atoms with Crippen LogP contribution in [-0.4, -0.2) is 83.7 Å². The van der Waals surface area contributed by atoms with E-state index in [-0.39, 0.29) is 18.4 Å². The SMILES string of the molecule is Cc1c(C=C2C(=O)Nc3c(Br)cc(F)cc32)[nH]c2c1C(=O)N(CC(O)CN1CCOCC1)CC2. The molecule has 0 spiro atoms. The average Bonchev–Trinajstić information content (AvgIpc) is 3.28. The topological polar surface area (TPSA) is 97.9 Å². The summed E-state index contributed by atoms with van der Waals surface area (Å²) in [6, 6.07) is 2.63. The van der Waals surface area contributed by atoms with Crippen LogP contribution in [0.15, 0.2) is 16.6 Å². The number of benzene rings is 1. The standard InChI is InChI=1S/C24H26BrFN4O4/c1-13-20(10-17-16-8-14(26)9-18(25)22(16)28-23(17)32)27-19-2-3-30(24(33)21(13)19)12-15(31)11-29-4-6-34-7-5-29/h8-10,15,27,31H,2-7,11-12H2,1H3,(H,28,32). The number of carbonyl (C=O) groups is 2. The van der Waals surface area contributed by atoms with Gasteiger partial charge < -0.3 is 25.0 Å². The molecule has 8 nitrogen and oxygen atoms in total. The maximum Gasteiger partial charge on any atom is 0.256 e. The van der Waals surface area contributed by atoms with Crippen molar-refractivity contribution in [2.24, 2.45) is 0 Å². The zero-order chi connectivity index (χ0) is 24.0. The van der Waals surface area contributed by atoms with Crippen LogP contribution in [0.5, 0.6) is 0 Å². The first-order valence-corrected chi connectivity index (χ1v) is 12.1. The molecule has 4 heterocycles. The molecular weight excluding hydrogens is 507 g/mol. The Morgan fingerprint density at radius 3 is 2.76 bits per heavy atom. The van der Waals surface area contributed by atoms with Gasteiger partial charge in [0.15, 0.2) is 0 Å². The Kier molecular flexibility index (Phi) is 6.32. The van der Waals surface area contributed by atoms with Gasteiger partial charge in [-0.1, -0.05) is 0 Å². The molecule has 0 radical (unpaired) electrons. The normalized spacial score (nSPS) is 20.5. The molecule has 3 aliphatic rings. The molecule has 0 bridgehead atoms. The van der Waals surface area contributed by atoms with Crippen LogP contribution in [0, 0.1) is 12.7 Å². The van der Waals surface area contributed by atoms with Gasteiger partial charge in [-0.3, -0.25) is 14.5 Å². The molecule has 180 valence electrons. The molecule has 3 N–H and O–H groups in total. The third-order valence-corrected chi connectivity index (χ3v) is 7.25. The molecule has 2 amide bonds. The fourth-order valence-electron chi connectivity index (χ4n) is 4.88. The first-order valence-electron chi connectivity index (χ1n) is 11.3. The molecule has 3 aliphatic heterocycles. The largest absolute Gasteiger partial charge is 0.390 e. The predicted octanol–water partition coefficient (Wildman–Crippen LogP) is 2.41. The molecule has 34 heavy (non-hydrogen) atoms. The number of aliphatic hydroxyl groups excluding tert-OH is 1. The van der Waals surface area contributed by atoms with Gasteiger partial charge in [0, 0.05) is 60.6 Å². The fourth-order valence-corrected chi connectivity index (χ4v) is 5.41. The lowest BCUT2D eigenvalue weighted by molar-refractivity contribution is -0.110. The zero-order valence-electron chi connectivity index (χ0n) is 18.8. The van der Waals surface area contributed by atoms with E-state index >= 15 is 0 Å². The number of carbonyl (C=O) groups excluding carboxylic acids is 2. The highest BCUT2D eigenvalue weighted by atomic mass is 79.9. The highest BCUT2D eigenvalue weighted by molar-refractivity contribution is 9.10. The summed E-state index contributed by atoms with van der Waals surface area (Å²) in [5.41, 5.74) is 4.11. The van der Waals surface area contributed by atoms with Crippen LogP contribution in [0.3, 0.4) is 0 Å². The van der Waals surface area contributed by atoms with E-state index in [9.17, 15) is 19.1 Å². The Balaban J connectivity index is 1.37. The van der Waals surface area contributed by atoms with E-state index in [1.807, 2.05) is 6.92 Å². The second-order valence-electron chi connectivity index (χ2n) is 8.91. The number of ether oxygens (including phenoxy) is 1. The lowest BCUT2D eigenvalue weighted by Crippen LogP contribution is -2.47. The molecule has 5 rings (SSSR count). The Morgan fingerprint density at radius 1 is 1.24 bits per heavy atom. The average molecular weight is 533 g/mol. The molecule has 2 aromatic rings. The van der Waals surface area contributed by atoms with Crippen LogP contribution in [0.25, 0.3) is 11.6 Å². The van der Waals surface area contributed by atoms with Crippen molar-refractivity contribution in [1.29, 1.82) is 0 Å². The lowest BCUT2D eigenvalue weighted by Gasteiger charge is -2.32. The second kappa shape index (κ2) is 9.26. The maximum absolute atomic E-state index is 14.0. The zero-order valence-corrected chi connectivity index (χ0v) is 20.4. The van der Waals surface area contributed by atoms with Crippen LogP contribution in [0.2, 0.25) is 0 Å². The summed E-state index contributed by atoms with van der Waals surface area (Å²) in [5, 5.41) is 13.3. The van der Waals surface area contributed by atoms with Gasteiger partial charge in [0.1, 0.15) is 5.82 Å². The second-order valence-corrected chi connectivity index (χ2v) is 9.76. The van der Waals surface area contributed by atoms with Gasteiger partial charge in [-0.15, -0.1) is 0 Å². The molecule has 0 aliphatic carbocycles. The van der Waals surface area contributed by atoms with Gasteiger partial charge in [-0.2, -0.15) is 0 Å². The van der Waals surface area contributed by atoms with E-state index in [4.69, 9.17) is 4.74 Å². The minimum absolute atomic E-state index is 0.134. The number of aromatic amines is 1. The van der Waals surface area contributed by atoms with Crippen LogP contribution < -0.4 is 5.32 Å². The molecule has 1 aromatic heterocycles. The summed E-state index contributed by atoms with van der Waals surface area (Å²) in [6.07, 6.45) is 1.65. The number of rotatable bonds is 5. The summed E-state index contributed by atoms with van der Waals surface area (Å²) in [4.78, 5) is 33.0. The highest BCUT2D eigenvalue weighted by Crippen LogP contribution is 2.39. The summed E-state index contributed by atoms with van der Waals surface area (Å²) in [5.74, 6) is -0.907. The van der Waals surface area contributed by atoms with Crippen molar-refractivity contribution in [2.45, 2.75) is 19.4 Å². The van der Waals surface area contributed by atoms with Crippen molar-refractivity contribution in [3.8, 4) is 0 Å². The number of hydrogen-bond acceptors (Lipinski definition) is 5. The van der Waals surface area contributed by atoms with E-state index < -0.39 is 11.9 Å². The van der Waals surface area contributed by atoms with E-state index in [0.29, 0.717) is 65.3 Å². The summed E-state index contributed by atoms with van der Waals surface area (Å²) in [6.45, 7) is 5.98. The molecular formula is C24H26BrFN4O4. The monoisotopic (exact) mass is 532 g/mol. The Labute approximate surface area is 204 Å². The molecule has 0 saturated carbocycles. The molecule has 1 fully saturated rings. The van der Waals surface area contributed by atoms with E-state index in [1.165, 1.54) is 12.1 Å². The smallest absolute Gasteiger partial charge is 0.256 e. The number of H-pyrrole nitrogens is 1. The first-order chi connectivity index (χ1) is 16.3. The molecule has 10 heteroatoms. The van der Waals surface area contributed by atoms with Gasteiger partial charge in [-0.25, -0.2) is 4.39 Å². The van der Waals surface area contributed by atoms with E-state index in [0.717, 1.165) is 24.3 Å². The number of β-amino-alcohol motifs (C(OH)–C–C–N with tert-alkyl or cyclic N) is 1. The van der Waals surface area contributed by atoms with Gasteiger partial charge in [0.25, 0.3) is 11.8 Å². The van der Waals surface area contributed by atoms with Crippen molar-refractivity contribution in [3.05, 3.63) is 50.5 Å². The fraction of sp³-hybridized carbons (Fsp3) is 0.417. The Bertz CT molecular complexity index is 1190. The van der Waals surface area contributed by atoms with E-state index in [2.05, 4.69) is 31.1 Å². The number of aromatic nitrogens is 1. The van der Waals surface area contributed by atoms with Crippen LogP contribution >= 0.6 is 15.9 Å². The number of halogens is 2.